The molecule has 1 aliphatic rings. The van der Waals surface area contributed by atoms with Gasteiger partial charge in [0.1, 0.15) is 0 Å². The highest BCUT2D eigenvalue weighted by molar-refractivity contribution is 5.55. The van der Waals surface area contributed by atoms with E-state index >= 15 is 0 Å². The Morgan fingerprint density at radius 3 is 2.35 bits per heavy atom. The summed E-state index contributed by atoms with van der Waals surface area (Å²) in [4.78, 5) is 0. The quantitative estimate of drug-likeness (QED) is 0.654. The third kappa shape index (κ3) is 2.64. The number of para-hydroxylation sites is 2. The second-order valence-electron chi connectivity index (χ2n) is 5.79. The molecule has 0 saturated carbocycles. The third-order valence-corrected chi connectivity index (χ3v) is 2.78. The zero-order valence-corrected chi connectivity index (χ0v) is 11.8. The molecule has 2 heterocycles. The van der Waals surface area contributed by atoms with Gasteiger partial charge in [-0.05, 0) is 23.6 Å². The predicted molar refractivity (Wildman–Crippen MR) is 77.1 cm³/mol. The Bertz CT molecular complexity index is 672. The lowest BCUT2D eigenvalue weighted by Gasteiger charge is -2.18. The summed E-state index contributed by atoms with van der Waals surface area (Å²) in [5.74, 6) is 2.34. The highest BCUT2D eigenvalue weighted by Crippen LogP contribution is 2.43. The van der Waals surface area contributed by atoms with Gasteiger partial charge in [0.25, 0.3) is 5.88 Å². The largest absolute Gasteiger partial charge is 0.448 e. The zero-order chi connectivity index (χ0) is 14.2. The van der Waals surface area contributed by atoms with Crippen LogP contribution in [0.1, 0.15) is 26.5 Å². The lowest BCUT2D eigenvalue weighted by Crippen LogP contribution is -2.03. The number of hydrogen-bond acceptors (Lipinski definition) is 4. The maximum atomic E-state index is 5.79. The highest BCUT2D eigenvalue weighted by atomic mass is 16.6. The highest BCUT2D eigenvalue weighted by Gasteiger charge is 2.20. The van der Waals surface area contributed by atoms with E-state index < -0.39 is 0 Å². The van der Waals surface area contributed by atoms with Crippen molar-refractivity contribution in [3.63, 3.8) is 0 Å². The van der Waals surface area contributed by atoms with Crippen LogP contribution in [0.3, 0.4) is 0 Å². The number of allylic oxidation sites excluding steroid dienone is 1. The molecule has 1 aromatic carbocycles. The van der Waals surface area contributed by atoms with E-state index in [-0.39, 0.29) is 5.41 Å². The summed E-state index contributed by atoms with van der Waals surface area (Å²) in [6, 6.07) is 9.33. The van der Waals surface area contributed by atoms with Crippen LogP contribution >= 0.6 is 0 Å². The predicted octanol–water partition coefficient (Wildman–Crippen LogP) is 4.43. The number of fused-ring (bicyclic) bond motifs is 2. The molecule has 0 radical (unpaired) electrons. The average molecular weight is 268 g/mol. The van der Waals surface area contributed by atoms with E-state index in [1.807, 2.05) is 36.4 Å². The summed E-state index contributed by atoms with van der Waals surface area (Å²) in [5.41, 5.74) is 0.850. The van der Waals surface area contributed by atoms with Crippen molar-refractivity contribution in [2.24, 2.45) is 5.41 Å². The molecule has 0 aliphatic carbocycles. The zero-order valence-electron chi connectivity index (χ0n) is 11.8. The molecule has 0 bridgehead atoms. The van der Waals surface area contributed by atoms with Gasteiger partial charge in [0.2, 0.25) is 0 Å². The number of benzene rings is 1. The van der Waals surface area contributed by atoms with Gasteiger partial charge < -0.3 is 9.47 Å². The molecule has 1 aliphatic heterocycles. The van der Waals surface area contributed by atoms with Gasteiger partial charge in [-0.15, -0.1) is 10.2 Å². The summed E-state index contributed by atoms with van der Waals surface area (Å²) >= 11 is 0. The Kier molecular flexibility index (Phi) is 2.93. The first-order chi connectivity index (χ1) is 9.51. The average Bonchev–Trinajstić information content (AvgIpc) is 2.42. The van der Waals surface area contributed by atoms with Gasteiger partial charge >= 0.3 is 0 Å². The molecule has 0 spiro atoms. The van der Waals surface area contributed by atoms with Gasteiger partial charge in [0.15, 0.2) is 17.2 Å². The van der Waals surface area contributed by atoms with Crippen LogP contribution in [0.2, 0.25) is 0 Å². The fourth-order valence-electron chi connectivity index (χ4n) is 1.78. The lowest BCUT2D eigenvalue weighted by atomic mass is 9.96. The smallest absolute Gasteiger partial charge is 0.282 e. The van der Waals surface area contributed by atoms with Crippen LogP contribution in [0, 0.1) is 5.41 Å². The molecule has 4 heteroatoms. The molecule has 0 saturated heterocycles. The number of ether oxygens (including phenoxy) is 2. The Balaban J connectivity index is 1.90. The maximum Gasteiger partial charge on any atom is 0.282 e. The maximum absolute atomic E-state index is 5.79. The van der Waals surface area contributed by atoms with Crippen LogP contribution < -0.4 is 9.47 Å². The lowest BCUT2D eigenvalue weighted by molar-refractivity contribution is 0.343. The van der Waals surface area contributed by atoms with E-state index in [0.717, 1.165) is 5.69 Å². The Morgan fingerprint density at radius 2 is 1.65 bits per heavy atom. The first kappa shape index (κ1) is 12.7. The Morgan fingerprint density at radius 1 is 0.950 bits per heavy atom. The van der Waals surface area contributed by atoms with Crippen LogP contribution in [-0.4, -0.2) is 10.2 Å². The third-order valence-electron chi connectivity index (χ3n) is 2.78. The summed E-state index contributed by atoms with van der Waals surface area (Å²) in [7, 11) is 0. The van der Waals surface area contributed by atoms with Crippen molar-refractivity contribution in [3.8, 4) is 23.1 Å². The summed E-state index contributed by atoms with van der Waals surface area (Å²) in [6.45, 7) is 6.39. The number of rotatable bonds is 1. The fraction of sp³-hybridized carbons (Fsp3) is 0.250. The molecular weight excluding hydrogens is 252 g/mol. The normalized spacial score (nSPS) is 13.3. The monoisotopic (exact) mass is 268 g/mol. The minimum absolute atomic E-state index is 0.0987. The summed E-state index contributed by atoms with van der Waals surface area (Å²) in [6.07, 6.45) is 4.03. The Labute approximate surface area is 118 Å². The number of aromatic nitrogens is 2. The molecule has 1 aromatic heterocycles. The van der Waals surface area contributed by atoms with Crippen LogP contribution in [0.25, 0.3) is 6.08 Å². The van der Waals surface area contributed by atoms with Crippen LogP contribution in [0.5, 0.6) is 23.1 Å². The van der Waals surface area contributed by atoms with E-state index in [1.54, 1.807) is 0 Å². The van der Waals surface area contributed by atoms with Crippen molar-refractivity contribution in [2.45, 2.75) is 20.8 Å². The SMILES string of the molecule is CC(C)(C)C=Cc1cc2c(nn1)Oc1ccccc1O2. The first-order valence-corrected chi connectivity index (χ1v) is 6.53. The molecular formula is C16H16N2O2. The van der Waals surface area contributed by atoms with E-state index in [9.17, 15) is 0 Å². The second-order valence-corrected chi connectivity index (χ2v) is 5.79. The van der Waals surface area contributed by atoms with Gasteiger partial charge in [0, 0.05) is 6.07 Å². The van der Waals surface area contributed by atoms with Crippen molar-refractivity contribution in [1.82, 2.24) is 10.2 Å². The molecule has 4 nitrogen and oxygen atoms in total. The van der Waals surface area contributed by atoms with Crippen LogP contribution in [0.15, 0.2) is 36.4 Å². The van der Waals surface area contributed by atoms with E-state index in [4.69, 9.17) is 9.47 Å². The molecule has 0 N–H and O–H groups in total. The van der Waals surface area contributed by atoms with Crippen molar-refractivity contribution in [2.75, 3.05) is 0 Å². The summed E-state index contributed by atoms with van der Waals surface area (Å²) < 4.78 is 11.4. The summed E-state index contributed by atoms with van der Waals surface area (Å²) in [5, 5.41) is 8.20. The molecule has 0 amide bonds. The first-order valence-electron chi connectivity index (χ1n) is 6.53. The van der Waals surface area contributed by atoms with E-state index in [1.165, 1.54) is 0 Å². The molecule has 102 valence electrons. The molecule has 2 aromatic rings. The Hall–Kier alpha value is -2.36. The number of nitrogens with zero attached hydrogens (tertiary/aromatic N) is 2. The van der Waals surface area contributed by atoms with Gasteiger partial charge in [-0.2, -0.15) is 0 Å². The molecule has 3 rings (SSSR count). The minimum atomic E-state index is 0.0987. The minimum Gasteiger partial charge on any atom is -0.448 e. The number of hydrogen-bond donors (Lipinski definition) is 0. The van der Waals surface area contributed by atoms with Gasteiger partial charge in [-0.1, -0.05) is 39.0 Å². The fourth-order valence-corrected chi connectivity index (χ4v) is 1.78. The van der Waals surface area contributed by atoms with Crippen LogP contribution in [0.4, 0.5) is 0 Å². The second kappa shape index (κ2) is 4.63. The molecule has 0 fully saturated rings. The van der Waals surface area contributed by atoms with E-state index in [0.29, 0.717) is 23.1 Å². The van der Waals surface area contributed by atoms with Gasteiger partial charge in [0.05, 0.1) is 5.69 Å². The van der Waals surface area contributed by atoms with Gasteiger partial charge in [-0.25, -0.2) is 0 Å². The molecule has 0 unspecified atom stereocenters. The van der Waals surface area contributed by atoms with Crippen molar-refractivity contribution < 1.29 is 9.47 Å². The van der Waals surface area contributed by atoms with E-state index in [2.05, 4.69) is 37.0 Å². The van der Waals surface area contributed by atoms with Crippen molar-refractivity contribution in [1.29, 1.82) is 0 Å². The van der Waals surface area contributed by atoms with Crippen LogP contribution in [-0.2, 0) is 0 Å². The standard InChI is InChI=1S/C16H16N2O2/c1-16(2,3)9-8-11-10-14-15(18-17-11)20-13-7-5-4-6-12(13)19-14/h4-10H,1-3H3. The molecule has 0 atom stereocenters. The molecule has 20 heavy (non-hydrogen) atoms. The van der Waals surface area contributed by atoms with Crippen molar-refractivity contribution in [3.05, 3.63) is 42.1 Å². The topological polar surface area (TPSA) is 44.2 Å². The van der Waals surface area contributed by atoms with Crippen molar-refractivity contribution >= 4 is 6.08 Å². The van der Waals surface area contributed by atoms with Gasteiger partial charge in [-0.3, -0.25) is 0 Å².